The lowest BCUT2D eigenvalue weighted by atomic mass is 9.83. The van der Waals surface area contributed by atoms with E-state index in [1.165, 1.54) is 102 Å². The predicted molar refractivity (Wildman–Crippen MR) is 168 cm³/mol. The molecule has 2 heteroatoms. The molecule has 3 atom stereocenters. The molecule has 0 radical (unpaired) electrons. The van der Waals surface area contributed by atoms with E-state index < -0.39 is 0 Å². The molecule has 3 unspecified atom stereocenters. The van der Waals surface area contributed by atoms with Crippen molar-refractivity contribution in [1.82, 2.24) is 9.47 Å². The molecule has 40 heavy (non-hydrogen) atoms. The Bertz CT molecular complexity index is 1670. The Hall–Kier alpha value is -3.52. The monoisotopic (exact) mass is 524 g/mol. The summed E-state index contributed by atoms with van der Waals surface area (Å²) in [6.45, 7) is 4.64. The molecule has 0 saturated carbocycles. The molecule has 0 saturated heterocycles. The zero-order chi connectivity index (χ0) is 26.8. The SMILES string of the molecule is CC1=CC(N2C3=C(CCC=C3)C3C=CCCC32)CC=C1c1ccc(-n2c3c(c4ccccc42)CCCC3)cc1C. The summed E-state index contributed by atoms with van der Waals surface area (Å²) in [7, 11) is 0. The van der Waals surface area contributed by atoms with Gasteiger partial charge < -0.3 is 9.47 Å². The van der Waals surface area contributed by atoms with Gasteiger partial charge in [0.1, 0.15) is 0 Å². The maximum absolute atomic E-state index is 2.80. The highest BCUT2D eigenvalue weighted by Crippen LogP contribution is 2.47. The molecule has 3 aromatic rings. The first kappa shape index (κ1) is 24.3. The summed E-state index contributed by atoms with van der Waals surface area (Å²) in [6.07, 6.45) is 25.9. The molecule has 2 heterocycles. The van der Waals surface area contributed by atoms with Crippen molar-refractivity contribution in [1.29, 1.82) is 0 Å². The smallest absolute Gasteiger partial charge is 0.0534 e. The fourth-order valence-electron chi connectivity index (χ4n) is 8.58. The Morgan fingerprint density at radius 2 is 1.80 bits per heavy atom. The lowest BCUT2D eigenvalue weighted by Gasteiger charge is -2.39. The molecule has 0 bridgehead atoms. The van der Waals surface area contributed by atoms with Crippen LogP contribution in [-0.2, 0) is 12.8 Å². The fraction of sp³-hybridized carbons (Fsp3) is 0.368. The van der Waals surface area contributed by atoms with Crippen LogP contribution in [0.3, 0.4) is 0 Å². The van der Waals surface area contributed by atoms with E-state index in [1.54, 1.807) is 11.1 Å². The van der Waals surface area contributed by atoms with Crippen molar-refractivity contribution in [3.63, 3.8) is 0 Å². The van der Waals surface area contributed by atoms with Crippen molar-refractivity contribution in [2.24, 2.45) is 5.92 Å². The molecule has 0 amide bonds. The topological polar surface area (TPSA) is 8.17 Å². The van der Waals surface area contributed by atoms with Gasteiger partial charge in [0, 0.05) is 34.4 Å². The van der Waals surface area contributed by atoms with Crippen LogP contribution in [0.5, 0.6) is 0 Å². The summed E-state index contributed by atoms with van der Waals surface area (Å²) in [5.74, 6) is 0.623. The molecule has 5 aliphatic rings. The van der Waals surface area contributed by atoms with Crippen molar-refractivity contribution in [3.05, 3.63) is 118 Å². The van der Waals surface area contributed by atoms with E-state index in [0.29, 0.717) is 18.0 Å². The van der Waals surface area contributed by atoms with Gasteiger partial charge in [-0.1, -0.05) is 54.6 Å². The van der Waals surface area contributed by atoms with Crippen LogP contribution in [-0.4, -0.2) is 21.6 Å². The number of rotatable bonds is 3. The maximum atomic E-state index is 2.80. The summed E-state index contributed by atoms with van der Waals surface area (Å²) in [4.78, 5) is 2.80. The molecule has 0 spiro atoms. The van der Waals surface area contributed by atoms with Gasteiger partial charge in [-0.3, -0.25) is 0 Å². The Kier molecular flexibility index (Phi) is 5.80. The molecule has 0 fully saturated rings. The second-order valence-corrected chi connectivity index (χ2v) is 12.6. The molecule has 1 aromatic heterocycles. The molecule has 0 N–H and O–H groups in total. The van der Waals surface area contributed by atoms with Gasteiger partial charge in [0.25, 0.3) is 0 Å². The third-order valence-corrected chi connectivity index (χ3v) is 10.3. The number of benzene rings is 2. The lowest BCUT2D eigenvalue weighted by Crippen LogP contribution is -2.41. The molecule has 8 rings (SSSR count). The molecule has 4 aliphatic carbocycles. The highest BCUT2D eigenvalue weighted by Gasteiger charge is 2.42. The van der Waals surface area contributed by atoms with Gasteiger partial charge in [-0.25, -0.2) is 0 Å². The normalized spacial score (nSPS) is 25.6. The number of para-hydroxylation sites is 1. The average Bonchev–Trinajstić information content (AvgIpc) is 3.51. The van der Waals surface area contributed by atoms with E-state index in [9.17, 15) is 0 Å². The summed E-state index contributed by atoms with van der Waals surface area (Å²) < 4.78 is 2.56. The average molecular weight is 525 g/mol. The van der Waals surface area contributed by atoms with Crippen LogP contribution in [0.2, 0.25) is 0 Å². The van der Waals surface area contributed by atoms with E-state index in [4.69, 9.17) is 0 Å². The van der Waals surface area contributed by atoms with Crippen molar-refractivity contribution >= 4 is 16.5 Å². The van der Waals surface area contributed by atoms with Crippen LogP contribution in [0.25, 0.3) is 22.2 Å². The maximum Gasteiger partial charge on any atom is 0.0534 e. The minimum absolute atomic E-state index is 0.454. The van der Waals surface area contributed by atoms with Crippen molar-refractivity contribution in [2.45, 2.75) is 83.7 Å². The van der Waals surface area contributed by atoms with Crippen molar-refractivity contribution in [2.75, 3.05) is 0 Å². The minimum Gasteiger partial charge on any atom is -0.361 e. The number of aryl methyl sites for hydroxylation is 2. The first-order valence-electron chi connectivity index (χ1n) is 15.6. The van der Waals surface area contributed by atoms with Crippen molar-refractivity contribution in [3.8, 4) is 5.69 Å². The molecule has 202 valence electrons. The van der Waals surface area contributed by atoms with Crippen LogP contribution in [0.4, 0.5) is 0 Å². The number of allylic oxidation sites excluding steroid dienone is 5. The van der Waals surface area contributed by atoms with E-state index in [1.807, 2.05) is 0 Å². The zero-order valence-corrected chi connectivity index (χ0v) is 24.0. The second kappa shape index (κ2) is 9.54. The quantitative estimate of drug-likeness (QED) is 0.310. The van der Waals surface area contributed by atoms with Gasteiger partial charge in [-0.05, 0) is 129 Å². The van der Waals surface area contributed by atoms with Crippen LogP contribution >= 0.6 is 0 Å². The Balaban J connectivity index is 1.12. The van der Waals surface area contributed by atoms with Gasteiger partial charge in [0.05, 0.1) is 11.6 Å². The first-order chi connectivity index (χ1) is 19.7. The number of hydrogen-bond donors (Lipinski definition) is 0. The first-order valence-corrected chi connectivity index (χ1v) is 15.6. The van der Waals surface area contributed by atoms with Gasteiger partial charge in [-0.15, -0.1) is 0 Å². The second-order valence-electron chi connectivity index (χ2n) is 12.6. The standard InChI is InChI=1S/C38H40N2/c1-25-23-27(39-35-15-7-3-11-31(35)32-12-4-8-16-36(32)39)19-21-29(25)30-22-20-28(24-26(30)2)40-37-17-9-5-13-33(37)34-14-6-10-18-38(34)40/h3,5,7,10-11,13,15,18-19,21-24,28,33,37H,4,6,8-9,12,14,16-17,20H2,1-2H3. The van der Waals surface area contributed by atoms with Crippen LogP contribution < -0.4 is 0 Å². The lowest BCUT2D eigenvalue weighted by molar-refractivity contribution is 0.205. The Labute approximate surface area is 239 Å². The highest BCUT2D eigenvalue weighted by atomic mass is 15.2. The van der Waals surface area contributed by atoms with Gasteiger partial charge >= 0.3 is 0 Å². The van der Waals surface area contributed by atoms with E-state index >= 15 is 0 Å². The molecule has 1 aliphatic heterocycles. The third kappa shape index (κ3) is 3.68. The van der Waals surface area contributed by atoms with Crippen LogP contribution in [0.15, 0.2) is 95.8 Å². The van der Waals surface area contributed by atoms with Gasteiger partial charge in [0.15, 0.2) is 0 Å². The summed E-state index contributed by atoms with van der Waals surface area (Å²) in [5.41, 5.74) is 14.6. The van der Waals surface area contributed by atoms with Gasteiger partial charge in [0.2, 0.25) is 0 Å². The number of nitrogens with zero attached hydrogens (tertiary/aromatic N) is 2. The third-order valence-electron chi connectivity index (χ3n) is 10.3. The number of hydrogen-bond acceptors (Lipinski definition) is 1. The summed E-state index contributed by atoms with van der Waals surface area (Å²) in [6, 6.07) is 17.3. The number of aromatic nitrogens is 1. The fourth-order valence-corrected chi connectivity index (χ4v) is 8.58. The Morgan fingerprint density at radius 1 is 0.900 bits per heavy atom. The largest absolute Gasteiger partial charge is 0.361 e. The van der Waals surface area contributed by atoms with Crippen LogP contribution in [0.1, 0.15) is 74.3 Å². The molecular weight excluding hydrogens is 484 g/mol. The molecular formula is C38H40N2. The summed E-state index contributed by atoms with van der Waals surface area (Å²) >= 11 is 0. The highest BCUT2D eigenvalue weighted by molar-refractivity contribution is 5.88. The van der Waals surface area contributed by atoms with E-state index in [-0.39, 0.29) is 0 Å². The number of fused-ring (bicyclic) bond motifs is 5. The summed E-state index contributed by atoms with van der Waals surface area (Å²) in [5, 5.41) is 1.45. The van der Waals surface area contributed by atoms with Crippen LogP contribution in [0, 0.1) is 12.8 Å². The molecule has 2 aromatic carbocycles. The minimum atomic E-state index is 0.454. The zero-order valence-electron chi connectivity index (χ0n) is 24.0. The van der Waals surface area contributed by atoms with E-state index in [0.717, 1.165) is 6.42 Å². The molecule has 2 nitrogen and oxygen atoms in total. The Morgan fingerprint density at radius 3 is 2.70 bits per heavy atom. The van der Waals surface area contributed by atoms with Crippen molar-refractivity contribution < 1.29 is 0 Å². The van der Waals surface area contributed by atoms with Gasteiger partial charge in [-0.2, -0.15) is 0 Å². The van der Waals surface area contributed by atoms with E-state index in [2.05, 4.69) is 102 Å². The predicted octanol–water partition coefficient (Wildman–Crippen LogP) is 9.17.